The number of aromatic nitrogens is 1. The largest absolute Gasteiger partial charge is 0.486 e. The molecule has 3 aromatic rings. The zero-order valence-electron chi connectivity index (χ0n) is 21.3. The van der Waals surface area contributed by atoms with Crippen LogP contribution in [0.25, 0.3) is 10.2 Å². The lowest BCUT2D eigenvalue weighted by atomic mass is 10.2. The van der Waals surface area contributed by atoms with Crippen LogP contribution in [0.2, 0.25) is 0 Å². The van der Waals surface area contributed by atoms with E-state index in [-0.39, 0.29) is 23.2 Å². The Balaban J connectivity index is 0.00000336. The number of anilines is 1. The van der Waals surface area contributed by atoms with Gasteiger partial charge in [0.05, 0.1) is 28.3 Å². The summed E-state index contributed by atoms with van der Waals surface area (Å²) in [5.41, 5.74) is 1.14. The molecule has 0 atom stereocenters. The van der Waals surface area contributed by atoms with Crippen molar-refractivity contribution in [2.75, 3.05) is 71.6 Å². The van der Waals surface area contributed by atoms with Crippen molar-refractivity contribution in [3.8, 4) is 11.5 Å². The molecule has 5 rings (SSSR count). The summed E-state index contributed by atoms with van der Waals surface area (Å²) >= 11 is 1.42. The van der Waals surface area contributed by atoms with E-state index in [2.05, 4.69) is 4.90 Å². The summed E-state index contributed by atoms with van der Waals surface area (Å²) < 4.78 is 44.9. The Morgan fingerprint density at radius 3 is 2.32 bits per heavy atom. The number of carbonyl (C=O) groups is 1. The van der Waals surface area contributed by atoms with E-state index in [1.807, 2.05) is 26.2 Å². The van der Waals surface area contributed by atoms with Crippen molar-refractivity contribution in [1.82, 2.24) is 14.2 Å². The molecule has 2 aliphatic heterocycles. The SMILES string of the molecule is CN(C)CCCN(C(=O)c1ccc(S(=O)(=O)N2CCOCC2)cc1)c1nc2cc3c(cc2s1)OCCO3.Cl. The molecule has 1 fully saturated rings. The molecule has 0 radical (unpaired) electrons. The van der Waals surface area contributed by atoms with Crippen molar-refractivity contribution in [2.45, 2.75) is 11.3 Å². The molecule has 1 amide bonds. The maximum Gasteiger partial charge on any atom is 0.260 e. The number of nitrogens with zero attached hydrogens (tertiary/aromatic N) is 4. The van der Waals surface area contributed by atoms with Crippen LogP contribution in [0.15, 0.2) is 41.3 Å². The summed E-state index contributed by atoms with van der Waals surface area (Å²) in [4.78, 5) is 22.3. The van der Waals surface area contributed by atoms with Gasteiger partial charge in [-0.2, -0.15) is 4.31 Å². The first kappa shape index (κ1) is 28.5. The van der Waals surface area contributed by atoms with E-state index in [0.717, 1.165) is 23.2 Å². The summed E-state index contributed by atoms with van der Waals surface area (Å²) in [5.74, 6) is 1.10. The molecular weight excluding hydrogens is 552 g/mol. The van der Waals surface area contributed by atoms with Crippen LogP contribution >= 0.6 is 23.7 Å². The molecule has 2 aromatic carbocycles. The highest BCUT2D eigenvalue weighted by atomic mass is 35.5. The quantitative estimate of drug-likeness (QED) is 0.399. The van der Waals surface area contributed by atoms with Crippen molar-refractivity contribution < 1.29 is 27.4 Å². The molecule has 206 valence electrons. The summed E-state index contributed by atoms with van der Waals surface area (Å²) in [5, 5.41) is 0.575. The fourth-order valence-electron chi connectivity index (χ4n) is 4.26. The van der Waals surface area contributed by atoms with Gasteiger partial charge in [0.15, 0.2) is 16.6 Å². The molecule has 3 heterocycles. The van der Waals surface area contributed by atoms with Gasteiger partial charge in [-0.3, -0.25) is 9.69 Å². The number of rotatable bonds is 8. The van der Waals surface area contributed by atoms with Crippen LogP contribution in [-0.2, 0) is 14.8 Å². The molecule has 1 saturated heterocycles. The third-order valence-electron chi connectivity index (χ3n) is 6.21. The van der Waals surface area contributed by atoms with Crippen LogP contribution in [0.3, 0.4) is 0 Å². The molecule has 38 heavy (non-hydrogen) atoms. The van der Waals surface area contributed by atoms with Gasteiger partial charge >= 0.3 is 0 Å². The minimum Gasteiger partial charge on any atom is -0.486 e. The monoisotopic (exact) mass is 582 g/mol. The maximum absolute atomic E-state index is 13.7. The van der Waals surface area contributed by atoms with E-state index in [1.165, 1.54) is 27.8 Å². The molecule has 2 aliphatic rings. The second-order valence-electron chi connectivity index (χ2n) is 9.11. The highest BCUT2D eigenvalue weighted by Gasteiger charge is 2.27. The molecule has 1 aromatic heterocycles. The van der Waals surface area contributed by atoms with Crippen molar-refractivity contribution in [1.29, 1.82) is 0 Å². The predicted octanol–water partition coefficient (Wildman–Crippen LogP) is 3.11. The van der Waals surface area contributed by atoms with E-state index in [4.69, 9.17) is 19.2 Å². The smallest absolute Gasteiger partial charge is 0.260 e. The molecule has 0 aliphatic carbocycles. The molecule has 10 nitrogen and oxygen atoms in total. The Labute approximate surface area is 232 Å². The van der Waals surface area contributed by atoms with Crippen LogP contribution in [0, 0.1) is 0 Å². The average Bonchev–Trinajstić information content (AvgIpc) is 3.32. The van der Waals surface area contributed by atoms with Crippen molar-refractivity contribution in [3.63, 3.8) is 0 Å². The van der Waals surface area contributed by atoms with E-state index in [0.29, 0.717) is 68.3 Å². The van der Waals surface area contributed by atoms with E-state index >= 15 is 0 Å². The van der Waals surface area contributed by atoms with Gasteiger partial charge in [-0.25, -0.2) is 13.4 Å². The molecule has 0 unspecified atom stereocenters. The molecule has 0 bridgehead atoms. The lowest BCUT2D eigenvalue weighted by Crippen LogP contribution is -2.40. The van der Waals surface area contributed by atoms with E-state index in [9.17, 15) is 13.2 Å². The van der Waals surface area contributed by atoms with Crippen LogP contribution in [0.4, 0.5) is 5.13 Å². The summed E-state index contributed by atoms with van der Waals surface area (Å²) in [7, 11) is 0.339. The number of thiazole rings is 1. The first-order valence-electron chi connectivity index (χ1n) is 12.2. The molecule has 0 saturated carbocycles. The number of halogens is 1. The zero-order chi connectivity index (χ0) is 26.0. The fraction of sp³-hybridized carbons (Fsp3) is 0.440. The van der Waals surface area contributed by atoms with Gasteiger partial charge in [0, 0.05) is 37.3 Å². The van der Waals surface area contributed by atoms with Crippen LogP contribution in [-0.4, -0.2) is 95.2 Å². The predicted molar refractivity (Wildman–Crippen MR) is 149 cm³/mol. The molecule has 0 spiro atoms. The Bertz CT molecular complexity index is 1330. The third kappa shape index (κ3) is 6.05. The van der Waals surface area contributed by atoms with Crippen molar-refractivity contribution >= 4 is 55.0 Å². The average molecular weight is 583 g/mol. The topological polar surface area (TPSA) is 102 Å². The number of amides is 1. The van der Waals surface area contributed by atoms with Gasteiger partial charge < -0.3 is 19.1 Å². The number of benzene rings is 2. The van der Waals surface area contributed by atoms with Gasteiger partial charge in [0.2, 0.25) is 10.0 Å². The summed E-state index contributed by atoms with van der Waals surface area (Å²) in [6.07, 6.45) is 0.751. The third-order valence-corrected chi connectivity index (χ3v) is 9.17. The standard InChI is InChI=1S/C25H30N4O6S2.ClH/c1-27(2)8-3-9-29(25-26-20-16-21-22(17-23(20)36-25)35-15-14-34-21)24(30)18-4-6-19(7-5-18)37(31,32)28-10-12-33-13-11-28;/h4-7,16-17H,3,8-15H2,1-2H3;1H. The van der Waals surface area contributed by atoms with Crippen molar-refractivity contribution in [3.05, 3.63) is 42.0 Å². The van der Waals surface area contributed by atoms with Crippen molar-refractivity contribution in [2.24, 2.45) is 0 Å². The first-order valence-corrected chi connectivity index (χ1v) is 14.4. The van der Waals surface area contributed by atoms with Gasteiger partial charge in [0.25, 0.3) is 5.91 Å². The highest BCUT2D eigenvalue weighted by molar-refractivity contribution is 7.89. The minimum atomic E-state index is -3.64. The zero-order valence-corrected chi connectivity index (χ0v) is 23.7. The van der Waals surface area contributed by atoms with Gasteiger partial charge in [-0.15, -0.1) is 12.4 Å². The maximum atomic E-state index is 13.7. The van der Waals surface area contributed by atoms with Crippen LogP contribution in [0.5, 0.6) is 11.5 Å². The normalized spacial score (nSPS) is 15.9. The Morgan fingerprint density at radius 1 is 1.00 bits per heavy atom. The number of fused-ring (bicyclic) bond motifs is 2. The summed E-state index contributed by atoms with van der Waals surface area (Å²) in [6.45, 7) is 3.65. The van der Waals surface area contributed by atoms with E-state index < -0.39 is 10.0 Å². The summed E-state index contributed by atoms with van der Waals surface area (Å²) in [6, 6.07) is 9.88. The van der Waals surface area contributed by atoms with Crippen LogP contribution in [0.1, 0.15) is 16.8 Å². The minimum absolute atomic E-state index is 0. The van der Waals surface area contributed by atoms with Gasteiger partial charge in [-0.05, 0) is 51.3 Å². The number of morpholine rings is 1. The lowest BCUT2D eigenvalue weighted by Gasteiger charge is -2.26. The molecule has 0 N–H and O–H groups in total. The number of hydrogen-bond donors (Lipinski definition) is 0. The van der Waals surface area contributed by atoms with Gasteiger partial charge in [-0.1, -0.05) is 11.3 Å². The fourth-order valence-corrected chi connectivity index (χ4v) is 6.67. The lowest BCUT2D eigenvalue weighted by molar-refractivity contribution is 0.0730. The number of sulfonamides is 1. The Hall–Kier alpha value is -2.48. The van der Waals surface area contributed by atoms with Gasteiger partial charge in [0.1, 0.15) is 13.2 Å². The van der Waals surface area contributed by atoms with E-state index in [1.54, 1.807) is 17.0 Å². The Morgan fingerprint density at radius 2 is 1.66 bits per heavy atom. The first-order chi connectivity index (χ1) is 17.8. The number of carbonyl (C=O) groups excluding carboxylic acids is 1. The molecular formula is C25H31ClN4O6S2. The number of hydrogen-bond acceptors (Lipinski definition) is 9. The Kier molecular flexibility index (Phi) is 9.11. The number of ether oxygens (including phenoxy) is 3. The second kappa shape index (κ2) is 12.1. The van der Waals surface area contributed by atoms with Crippen LogP contribution < -0.4 is 14.4 Å². The highest BCUT2D eigenvalue weighted by Crippen LogP contribution is 2.39. The molecule has 13 heteroatoms. The second-order valence-corrected chi connectivity index (χ2v) is 12.1.